The lowest BCUT2D eigenvalue weighted by atomic mass is 10.3. The Labute approximate surface area is 76.8 Å². The molecule has 0 amide bonds. The van der Waals surface area contributed by atoms with E-state index in [-0.39, 0.29) is 6.61 Å². The van der Waals surface area contributed by atoms with Gasteiger partial charge in [0.15, 0.2) is 5.89 Å². The zero-order chi connectivity index (χ0) is 9.68. The highest BCUT2D eigenvalue weighted by atomic mass is 16.4. The van der Waals surface area contributed by atoms with E-state index < -0.39 is 0 Å². The minimum Gasteiger partial charge on any atom is -0.445 e. The van der Waals surface area contributed by atoms with E-state index in [9.17, 15) is 0 Å². The molecule has 1 aromatic heterocycles. The van der Waals surface area contributed by atoms with Crippen molar-refractivity contribution in [1.29, 1.82) is 5.26 Å². The van der Waals surface area contributed by atoms with Crippen LogP contribution in [0.1, 0.15) is 23.8 Å². The smallest absolute Gasteiger partial charge is 0.195 e. The van der Waals surface area contributed by atoms with Crippen LogP contribution in [-0.2, 0) is 12.8 Å². The van der Waals surface area contributed by atoms with E-state index in [1.165, 1.54) is 0 Å². The number of hydrogen-bond donors (Lipinski definition) is 1. The predicted molar refractivity (Wildman–Crippen MR) is 46.0 cm³/mol. The van der Waals surface area contributed by atoms with Crippen molar-refractivity contribution in [2.24, 2.45) is 0 Å². The highest BCUT2D eigenvalue weighted by Gasteiger charge is 2.07. The molecule has 0 aromatic carbocycles. The van der Waals surface area contributed by atoms with Crippen LogP contribution in [0.2, 0.25) is 0 Å². The summed E-state index contributed by atoms with van der Waals surface area (Å²) in [5, 5.41) is 17.0. The second-order valence-electron chi connectivity index (χ2n) is 2.75. The molecule has 0 aliphatic rings. The Morgan fingerprint density at radius 3 is 2.92 bits per heavy atom. The first-order valence-corrected chi connectivity index (χ1v) is 4.21. The largest absolute Gasteiger partial charge is 0.445 e. The highest BCUT2D eigenvalue weighted by Crippen LogP contribution is 2.11. The average molecular weight is 180 g/mol. The maximum atomic E-state index is 8.69. The van der Waals surface area contributed by atoms with Crippen molar-refractivity contribution in [3.63, 3.8) is 0 Å². The first-order valence-electron chi connectivity index (χ1n) is 4.21. The number of aryl methyl sites for hydroxylation is 2. The fourth-order valence-corrected chi connectivity index (χ4v) is 1.09. The van der Waals surface area contributed by atoms with Gasteiger partial charge in [0, 0.05) is 19.3 Å². The third-order valence-corrected chi connectivity index (χ3v) is 1.73. The summed E-state index contributed by atoms with van der Waals surface area (Å²) >= 11 is 0. The lowest BCUT2D eigenvalue weighted by Crippen LogP contribution is -1.89. The number of aromatic nitrogens is 1. The quantitative estimate of drug-likeness (QED) is 0.749. The third-order valence-electron chi connectivity index (χ3n) is 1.73. The summed E-state index contributed by atoms with van der Waals surface area (Å²) in [6.45, 7) is 1.90. The van der Waals surface area contributed by atoms with Crippen molar-refractivity contribution in [3.8, 4) is 6.07 Å². The molecule has 0 aliphatic carbocycles. The van der Waals surface area contributed by atoms with E-state index in [4.69, 9.17) is 14.8 Å². The van der Waals surface area contributed by atoms with Crippen LogP contribution in [0, 0.1) is 18.3 Å². The standard InChI is InChI=1S/C9H12N2O2/c1-7-8(4-6-12)13-9(11-7)3-2-5-10/h12H,2-4,6H2,1H3. The molecule has 1 rings (SSSR count). The number of hydrogen-bond acceptors (Lipinski definition) is 4. The number of nitriles is 1. The monoisotopic (exact) mass is 180 g/mol. The minimum atomic E-state index is 0.0632. The summed E-state index contributed by atoms with van der Waals surface area (Å²) in [5.41, 5.74) is 0.807. The summed E-state index contributed by atoms with van der Waals surface area (Å²) in [5.74, 6) is 1.30. The average Bonchev–Trinajstić information content (AvgIpc) is 2.45. The van der Waals surface area contributed by atoms with Gasteiger partial charge in [-0.15, -0.1) is 0 Å². The highest BCUT2D eigenvalue weighted by molar-refractivity contribution is 5.08. The van der Waals surface area contributed by atoms with E-state index in [0.29, 0.717) is 25.2 Å². The van der Waals surface area contributed by atoms with E-state index in [0.717, 1.165) is 11.5 Å². The maximum absolute atomic E-state index is 8.69. The van der Waals surface area contributed by atoms with Gasteiger partial charge < -0.3 is 9.52 Å². The Morgan fingerprint density at radius 2 is 2.31 bits per heavy atom. The van der Waals surface area contributed by atoms with E-state index >= 15 is 0 Å². The van der Waals surface area contributed by atoms with Crippen LogP contribution in [0.15, 0.2) is 4.42 Å². The van der Waals surface area contributed by atoms with Crippen molar-refractivity contribution < 1.29 is 9.52 Å². The molecule has 0 atom stereocenters. The van der Waals surface area contributed by atoms with Crippen molar-refractivity contribution in [2.75, 3.05) is 6.61 Å². The molecule has 0 saturated carbocycles. The fraction of sp³-hybridized carbons (Fsp3) is 0.556. The molecular weight excluding hydrogens is 168 g/mol. The Kier molecular flexibility index (Phi) is 3.47. The molecular formula is C9H12N2O2. The molecule has 1 N–H and O–H groups in total. The normalized spacial score (nSPS) is 9.92. The molecule has 13 heavy (non-hydrogen) atoms. The second kappa shape index (κ2) is 4.63. The van der Waals surface area contributed by atoms with E-state index in [2.05, 4.69) is 4.98 Å². The van der Waals surface area contributed by atoms with E-state index in [1.807, 2.05) is 13.0 Å². The Balaban J connectivity index is 2.66. The summed E-state index contributed by atoms with van der Waals surface area (Å²) < 4.78 is 5.33. The molecule has 1 aromatic rings. The molecule has 70 valence electrons. The van der Waals surface area contributed by atoms with Crippen LogP contribution in [-0.4, -0.2) is 16.7 Å². The van der Waals surface area contributed by atoms with Crippen molar-refractivity contribution in [3.05, 3.63) is 17.3 Å². The van der Waals surface area contributed by atoms with Crippen molar-refractivity contribution in [2.45, 2.75) is 26.2 Å². The minimum absolute atomic E-state index is 0.0632. The predicted octanol–water partition coefficient (Wildman–Crippen LogP) is 0.974. The Hall–Kier alpha value is -1.34. The summed E-state index contributed by atoms with van der Waals surface area (Å²) in [4.78, 5) is 4.14. The van der Waals surface area contributed by atoms with Gasteiger partial charge in [-0.2, -0.15) is 5.26 Å². The molecule has 0 saturated heterocycles. The van der Waals surface area contributed by atoms with Crippen LogP contribution in [0.25, 0.3) is 0 Å². The number of rotatable bonds is 4. The first-order chi connectivity index (χ1) is 6.27. The van der Waals surface area contributed by atoms with Gasteiger partial charge in [-0.25, -0.2) is 4.98 Å². The summed E-state index contributed by atoms with van der Waals surface area (Å²) in [6.07, 6.45) is 1.45. The summed E-state index contributed by atoms with van der Waals surface area (Å²) in [6, 6.07) is 2.03. The Bertz CT molecular complexity index is 312. The van der Waals surface area contributed by atoms with Gasteiger partial charge in [-0.05, 0) is 6.92 Å². The van der Waals surface area contributed by atoms with Gasteiger partial charge in [0.1, 0.15) is 5.76 Å². The van der Waals surface area contributed by atoms with Crippen LogP contribution in [0.3, 0.4) is 0 Å². The maximum Gasteiger partial charge on any atom is 0.195 e. The molecule has 0 radical (unpaired) electrons. The van der Waals surface area contributed by atoms with Crippen LogP contribution >= 0.6 is 0 Å². The molecule has 0 aliphatic heterocycles. The first kappa shape index (κ1) is 9.75. The zero-order valence-corrected chi connectivity index (χ0v) is 7.58. The summed E-state index contributed by atoms with van der Waals surface area (Å²) in [7, 11) is 0. The van der Waals surface area contributed by atoms with Gasteiger partial charge >= 0.3 is 0 Å². The van der Waals surface area contributed by atoms with E-state index in [1.54, 1.807) is 0 Å². The number of nitrogens with zero attached hydrogens (tertiary/aromatic N) is 2. The van der Waals surface area contributed by atoms with Crippen LogP contribution in [0.4, 0.5) is 0 Å². The molecule has 4 nitrogen and oxygen atoms in total. The topological polar surface area (TPSA) is 70.0 Å². The van der Waals surface area contributed by atoms with Crippen molar-refractivity contribution in [1.82, 2.24) is 4.98 Å². The zero-order valence-electron chi connectivity index (χ0n) is 7.58. The number of aliphatic hydroxyl groups excluding tert-OH is 1. The second-order valence-corrected chi connectivity index (χ2v) is 2.75. The molecule has 0 fully saturated rings. The molecule has 0 bridgehead atoms. The van der Waals surface area contributed by atoms with Crippen molar-refractivity contribution >= 4 is 0 Å². The SMILES string of the molecule is Cc1nc(CCC#N)oc1CCO. The Morgan fingerprint density at radius 1 is 1.54 bits per heavy atom. The van der Waals surface area contributed by atoms with Crippen LogP contribution in [0.5, 0.6) is 0 Å². The van der Waals surface area contributed by atoms with Gasteiger partial charge in [0.2, 0.25) is 0 Å². The molecule has 4 heteroatoms. The van der Waals surface area contributed by atoms with Gasteiger partial charge in [-0.3, -0.25) is 0 Å². The molecule has 0 unspecified atom stereocenters. The van der Waals surface area contributed by atoms with Gasteiger partial charge in [0.25, 0.3) is 0 Å². The molecule has 1 heterocycles. The number of oxazole rings is 1. The van der Waals surface area contributed by atoms with Crippen LogP contribution < -0.4 is 0 Å². The lowest BCUT2D eigenvalue weighted by Gasteiger charge is -1.90. The van der Waals surface area contributed by atoms with Gasteiger partial charge in [-0.1, -0.05) is 0 Å². The third kappa shape index (κ3) is 2.56. The number of aliphatic hydroxyl groups is 1. The lowest BCUT2D eigenvalue weighted by molar-refractivity contribution is 0.285. The fourth-order valence-electron chi connectivity index (χ4n) is 1.09. The molecule has 0 spiro atoms. The van der Waals surface area contributed by atoms with Gasteiger partial charge in [0.05, 0.1) is 18.4 Å².